The van der Waals surface area contributed by atoms with Crippen LogP contribution in [0.1, 0.15) is 27.4 Å². The molecule has 0 unspecified atom stereocenters. The molecule has 0 aromatic heterocycles. The van der Waals surface area contributed by atoms with Gasteiger partial charge in [-0.25, -0.2) is 0 Å². The van der Waals surface area contributed by atoms with Crippen molar-refractivity contribution in [3.05, 3.63) is 105 Å². The summed E-state index contributed by atoms with van der Waals surface area (Å²) in [5.41, 5.74) is 7.44. The molecule has 0 radical (unpaired) electrons. The van der Waals surface area contributed by atoms with Gasteiger partial charge in [0.25, 0.3) is 5.91 Å². The van der Waals surface area contributed by atoms with Crippen molar-refractivity contribution in [1.29, 1.82) is 0 Å². The van der Waals surface area contributed by atoms with E-state index in [4.69, 9.17) is 12.2 Å². The number of carbonyl (C=O) groups is 2. The Morgan fingerprint density at radius 3 is 1.83 bits per heavy atom. The van der Waals surface area contributed by atoms with Crippen molar-refractivity contribution in [2.45, 2.75) is 5.92 Å². The zero-order chi connectivity index (χ0) is 20.6. The van der Waals surface area contributed by atoms with E-state index in [2.05, 4.69) is 38.8 Å². The Hall–Kier alpha value is -2.78. The second-order valence-electron chi connectivity index (χ2n) is 6.13. The molecule has 29 heavy (non-hydrogen) atoms. The Bertz CT molecular complexity index is 973. The molecule has 0 fully saturated rings. The first kappa shape index (κ1) is 20.9. The SMILES string of the molecule is O=C(NC(=S)NNC(=O)C(c1ccccc1)c1ccccc1)c1ccccc1I. The molecule has 0 spiro atoms. The molecule has 3 N–H and O–H groups in total. The van der Waals surface area contributed by atoms with Gasteiger partial charge in [-0.1, -0.05) is 72.8 Å². The van der Waals surface area contributed by atoms with Gasteiger partial charge in [-0.15, -0.1) is 0 Å². The monoisotopic (exact) mass is 515 g/mol. The molecular formula is C22H18IN3O2S. The molecule has 146 valence electrons. The highest BCUT2D eigenvalue weighted by Crippen LogP contribution is 2.24. The molecule has 0 bridgehead atoms. The Labute approximate surface area is 188 Å². The summed E-state index contributed by atoms with van der Waals surface area (Å²) in [7, 11) is 0. The number of carbonyl (C=O) groups excluding carboxylic acids is 2. The van der Waals surface area contributed by atoms with Crippen molar-refractivity contribution < 1.29 is 9.59 Å². The van der Waals surface area contributed by atoms with Gasteiger partial charge in [0.15, 0.2) is 5.11 Å². The summed E-state index contributed by atoms with van der Waals surface area (Å²) < 4.78 is 0.808. The van der Waals surface area contributed by atoms with Crippen molar-refractivity contribution in [3.63, 3.8) is 0 Å². The van der Waals surface area contributed by atoms with E-state index in [-0.39, 0.29) is 16.9 Å². The van der Waals surface area contributed by atoms with Gasteiger partial charge >= 0.3 is 0 Å². The maximum Gasteiger partial charge on any atom is 0.258 e. The summed E-state index contributed by atoms with van der Waals surface area (Å²) in [4.78, 5) is 25.3. The molecule has 3 rings (SSSR count). The molecule has 0 saturated carbocycles. The van der Waals surface area contributed by atoms with Gasteiger partial charge < -0.3 is 0 Å². The molecule has 3 aromatic carbocycles. The van der Waals surface area contributed by atoms with Crippen LogP contribution in [0.15, 0.2) is 84.9 Å². The fourth-order valence-corrected chi connectivity index (χ4v) is 3.60. The maximum atomic E-state index is 12.9. The lowest BCUT2D eigenvalue weighted by Gasteiger charge is -2.19. The molecule has 5 nitrogen and oxygen atoms in total. The Balaban J connectivity index is 1.67. The van der Waals surface area contributed by atoms with Crippen LogP contribution in [-0.2, 0) is 4.79 Å². The van der Waals surface area contributed by atoms with Gasteiger partial charge in [0.1, 0.15) is 0 Å². The van der Waals surface area contributed by atoms with Crippen molar-refractivity contribution >= 4 is 51.7 Å². The average Bonchev–Trinajstić information content (AvgIpc) is 2.74. The minimum atomic E-state index is -0.515. The first-order valence-corrected chi connectivity index (χ1v) is 10.3. The van der Waals surface area contributed by atoms with Crippen molar-refractivity contribution in [1.82, 2.24) is 16.2 Å². The number of hydrogen-bond acceptors (Lipinski definition) is 3. The minimum Gasteiger partial charge on any atom is -0.298 e. The molecule has 0 aliphatic rings. The molecule has 0 aliphatic carbocycles. The smallest absolute Gasteiger partial charge is 0.258 e. The molecule has 3 aromatic rings. The van der Waals surface area contributed by atoms with Crippen LogP contribution in [0.25, 0.3) is 0 Å². The predicted octanol–water partition coefficient (Wildman–Crippen LogP) is 3.76. The van der Waals surface area contributed by atoms with Crippen LogP contribution in [0, 0.1) is 3.57 Å². The second-order valence-corrected chi connectivity index (χ2v) is 7.70. The Morgan fingerprint density at radius 1 is 0.759 bits per heavy atom. The summed E-state index contributed by atoms with van der Waals surface area (Å²) in [6.07, 6.45) is 0. The normalized spacial score (nSPS) is 10.3. The molecule has 0 saturated heterocycles. The van der Waals surface area contributed by atoms with Gasteiger partial charge in [0, 0.05) is 3.57 Å². The van der Waals surface area contributed by atoms with Gasteiger partial charge in [0.05, 0.1) is 11.5 Å². The number of hydrazine groups is 1. The molecule has 0 atom stereocenters. The van der Waals surface area contributed by atoms with Gasteiger partial charge in [-0.2, -0.15) is 0 Å². The lowest BCUT2D eigenvalue weighted by molar-refractivity contribution is -0.122. The van der Waals surface area contributed by atoms with E-state index < -0.39 is 5.92 Å². The van der Waals surface area contributed by atoms with Gasteiger partial charge in [-0.05, 0) is 58.1 Å². The summed E-state index contributed by atoms with van der Waals surface area (Å²) in [6, 6.07) is 26.1. The van der Waals surface area contributed by atoms with E-state index in [1.807, 2.05) is 72.8 Å². The third kappa shape index (κ3) is 5.61. The number of hydrogen-bond donors (Lipinski definition) is 3. The molecule has 7 heteroatoms. The van der Waals surface area contributed by atoms with Crippen molar-refractivity contribution in [3.8, 4) is 0 Å². The largest absolute Gasteiger partial charge is 0.298 e. The third-order valence-corrected chi connectivity index (χ3v) is 5.32. The van der Waals surface area contributed by atoms with Crippen LogP contribution in [0.2, 0.25) is 0 Å². The Morgan fingerprint density at radius 2 is 1.28 bits per heavy atom. The molecular weight excluding hydrogens is 497 g/mol. The second kappa shape index (κ2) is 10.1. The number of rotatable bonds is 4. The van der Waals surface area contributed by atoms with Gasteiger partial charge in [0.2, 0.25) is 5.91 Å². The Kier molecular flexibility index (Phi) is 7.31. The molecule has 0 heterocycles. The van der Waals surface area contributed by atoms with Crippen LogP contribution in [0.3, 0.4) is 0 Å². The summed E-state index contributed by atoms with van der Waals surface area (Å²) >= 11 is 7.23. The zero-order valence-electron chi connectivity index (χ0n) is 15.3. The van der Waals surface area contributed by atoms with Crippen LogP contribution < -0.4 is 16.2 Å². The summed E-state index contributed by atoms with van der Waals surface area (Å²) in [5, 5.41) is 2.59. The van der Waals surface area contributed by atoms with E-state index in [1.165, 1.54) is 0 Å². The summed E-state index contributed by atoms with van der Waals surface area (Å²) in [5.74, 6) is -1.14. The van der Waals surface area contributed by atoms with Crippen molar-refractivity contribution in [2.24, 2.45) is 0 Å². The predicted molar refractivity (Wildman–Crippen MR) is 125 cm³/mol. The highest BCUT2D eigenvalue weighted by atomic mass is 127. The number of halogens is 1. The van der Waals surface area contributed by atoms with E-state index in [9.17, 15) is 9.59 Å². The molecule has 0 aliphatic heterocycles. The molecule has 2 amide bonds. The quantitative estimate of drug-likeness (QED) is 0.281. The van der Waals surface area contributed by atoms with Crippen molar-refractivity contribution in [2.75, 3.05) is 0 Å². The number of nitrogens with one attached hydrogen (secondary N) is 3. The highest BCUT2D eigenvalue weighted by molar-refractivity contribution is 14.1. The fourth-order valence-electron chi connectivity index (χ4n) is 2.82. The average molecular weight is 515 g/mol. The lowest BCUT2D eigenvalue weighted by atomic mass is 9.91. The van der Waals surface area contributed by atoms with E-state index in [1.54, 1.807) is 12.1 Å². The van der Waals surface area contributed by atoms with Gasteiger partial charge in [-0.3, -0.25) is 25.8 Å². The third-order valence-electron chi connectivity index (χ3n) is 4.17. The maximum absolute atomic E-state index is 12.9. The highest BCUT2D eigenvalue weighted by Gasteiger charge is 2.22. The topological polar surface area (TPSA) is 70.2 Å². The van der Waals surface area contributed by atoms with E-state index in [0.717, 1.165) is 14.7 Å². The first-order valence-electron chi connectivity index (χ1n) is 8.82. The minimum absolute atomic E-state index is 0.0166. The first-order chi connectivity index (χ1) is 14.1. The van der Waals surface area contributed by atoms with Crippen LogP contribution in [0.5, 0.6) is 0 Å². The summed E-state index contributed by atoms with van der Waals surface area (Å²) in [6.45, 7) is 0. The van der Waals surface area contributed by atoms with Crippen LogP contribution >= 0.6 is 34.8 Å². The number of amides is 2. The van der Waals surface area contributed by atoms with E-state index in [0.29, 0.717) is 5.56 Å². The number of benzene rings is 3. The fraction of sp³-hybridized carbons (Fsp3) is 0.0455. The van der Waals surface area contributed by atoms with Crippen LogP contribution in [-0.4, -0.2) is 16.9 Å². The van der Waals surface area contributed by atoms with Crippen LogP contribution in [0.4, 0.5) is 0 Å². The zero-order valence-corrected chi connectivity index (χ0v) is 18.2. The standard InChI is InChI=1S/C22H18IN3O2S/c23-18-14-8-7-13-17(18)20(27)24-22(29)26-25-21(28)19(15-9-3-1-4-10-15)16-11-5-2-6-12-16/h1-14,19H,(H,25,28)(H2,24,26,27,29). The lowest BCUT2D eigenvalue weighted by Crippen LogP contribution is -2.49. The number of thiocarbonyl (C=S) groups is 1. The van der Waals surface area contributed by atoms with E-state index >= 15 is 0 Å².